The molecule has 0 saturated carbocycles. The van der Waals surface area contributed by atoms with Gasteiger partial charge in [0.15, 0.2) is 0 Å². The summed E-state index contributed by atoms with van der Waals surface area (Å²) in [4.78, 5) is 5.29. The van der Waals surface area contributed by atoms with Gasteiger partial charge < -0.3 is 0 Å². The molecule has 0 N–H and O–H groups in total. The van der Waals surface area contributed by atoms with E-state index in [1.54, 1.807) is 0 Å². The molecule has 0 bridgehead atoms. The van der Waals surface area contributed by atoms with Crippen LogP contribution < -0.4 is 10.6 Å². The van der Waals surface area contributed by atoms with E-state index in [0.29, 0.717) is 0 Å². The molecule has 0 saturated heterocycles. The van der Waals surface area contributed by atoms with Gasteiger partial charge in [0.1, 0.15) is 5.70 Å². The first-order valence-electron chi connectivity index (χ1n) is 21.1. The topological polar surface area (TPSA) is 12.4 Å². The van der Waals surface area contributed by atoms with Gasteiger partial charge in [-0.1, -0.05) is 230 Å². The van der Waals surface area contributed by atoms with Crippen LogP contribution in [0.1, 0.15) is 55.6 Å². The van der Waals surface area contributed by atoms with E-state index in [2.05, 4.69) is 242 Å². The summed E-state index contributed by atoms with van der Waals surface area (Å²) in [6, 6.07) is 84.5. The van der Waals surface area contributed by atoms with E-state index in [4.69, 9.17) is 4.99 Å². The number of rotatable bonds is 6. The number of benzene rings is 9. The lowest BCUT2D eigenvalue weighted by molar-refractivity contribution is 0.626. The van der Waals surface area contributed by atoms with Crippen LogP contribution >= 0.6 is 0 Å². The molecule has 1 heterocycles. The third-order valence-electron chi connectivity index (χ3n) is 13.3. The molecular weight excluding hydrogens is 735 g/mol. The minimum Gasteiger partial charge on any atom is -0.239 e. The first kappa shape index (κ1) is 35.1. The van der Waals surface area contributed by atoms with E-state index >= 15 is 0 Å². The number of nitrogens with zero attached hydrogens (tertiary/aromatic N) is 1. The van der Waals surface area contributed by atoms with Crippen LogP contribution in [0.5, 0.6) is 0 Å². The molecule has 1 aliphatic heterocycles. The van der Waals surface area contributed by atoms with Crippen molar-refractivity contribution in [2.75, 3.05) is 0 Å². The van der Waals surface area contributed by atoms with Gasteiger partial charge in [0, 0.05) is 10.8 Å². The highest BCUT2D eigenvalue weighted by atomic mass is 14.7. The summed E-state index contributed by atoms with van der Waals surface area (Å²) < 4.78 is 0. The average Bonchev–Trinajstić information content (AvgIpc) is 3.51. The lowest BCUT2D eigenvalue weighted by Gasteiger charge is -2.49. The van der Waals surface area contributed by atoms with Gasteiger partial charge in [-0.2, -0.15) is 0 Å². The normalized spacial score (nSPS) is 17.8. The standard InChI is InChI=1S/C60H39N/c1-4-17-41(18-5-1)42-31-33-43(34-32-42)48-39-40-56(61-57-30-15-11-24-50(48)57)44-35-37-47(38-36-44)59(45-19-6-2-7-20-45)53-27-13-14-28-54(53)60(46-21-8-3-9-22-46)52-26-12-10-23-49(52)51-25-16-29-55(59)58(51)60/h1-39H. The zero-order valence-corrected chi connectivity index (χ0v) is 33.5. The van der Waals surface area contributed by atoms with Crippen LogP contribution in [0.25, 0.3) is 33.5 Å². The fourth-order valence-corrected chi connectivity index (χ4v) is 10.8. The van der Waals surface area contributed by atoms with Crippen LogP contribution in [0, 0.1) is 0 Å². The third kappa shape index (κ3) is 5.12. The second-order valence-electron chi connectivity index (χ2n) is 16.3. The minimum atomic E-state index is -0.605. The van der Waals surface area contributed by atoms with E-state index in [1.807, 2.05) is 0 Å². The van der Waals surface area contributed by atoms with Crippen molar-refractivity contribution in [3.05, 3.63) is 309 Å². The van der Waals surface area contributed by atoms with Crippen molar-refractivity contribution in [2.24, 2.45) is 4.99 Å². The molecule has 1 nitrogen and oxygen atoms in total. The number of fused-ring (bicyclic) bond motifs is 6. The van der Waals surface area contributed by atoms with Crippen LogP contribution in [0.4, 0.5) is 0 Å². The molecule has 0 aromatic heterocycles. The van der Waals surface area contributed by atoms with E-state index in [9.17, 15) is 0 Å². The average molecular weight is 774 g/mol. The molecule has 9 aromatic carbocycles. The van der Waals surface area contributed by atoms with Gasteiger partial charge in [-0.25, -0.2) is 4.99 Å². The summed E-state index contributed by atoms with van der Waals surface area (Å²) in [5.74, 6) is 0. The quantitative estimate of drug-likeness (QED) is 0.149. The van der Waals surface area contributed by atoms with Crippen molar-refractivity contribution in [2.45, 2.75) is 10.8 Å². The zero-order valence-electron chi connectivity index (χ0n) is 33.5. The Bertz CT molecular complexity index is 3360. The molecule has 0 spiro atoms. The molecule has 3 aliphatic rings. The smallest absolute Gasteiger partial charge is 0.113 e. The number of allylic oxidation sites excluding steroid dienone is 1. The maximum atomic E-state index is 5.29. The highest BCUT2D eigenvalue weighted by Crippen LogP contribution is 2.65. The molecule has 0 amide bonds. The number of hydrogen-bond donors (Lipinski definition) is 0. The number of para-hydroxylation sites is 1. The van der Waals surface area contributed by atoms with Crippen molar-refractivity contribution < 1.29 is 0 Å². The van der Waals surface area contributed by atoms with Gasteiger partial charge in [-0.3, -0.25) is 0 Å². The van der Waals surface area contributed by atoms with Gasteiger partial charge in [0.05, 0.1) is 16.2 Å². The van der Waals surface area contributed by atoms with E-state index in [1.165, 1.54) is 66.8 Å². The van der Waals surface area contributed by atoms with Crippen molar-refractivity contribution in [1.82, 2.24) is 0 Å². The fourth-order valence-electron chi connectivity index (χ4n) is 10.8. The van der Waals surface area contributed by atoms with Crippen LogP contribution in [0.15, 0.2) is 247 Å². The van der Waals surface area contributed by atoms with Gasteiger partial charge >= 0.3 is 0 Å². The Hall–Kier alpha value is -7.83. The van der Waals surface area contributed by atoms with Gasteiger partial charge in [0.25, 0.3) is 0 Å². The predicted octanol–water partition coefficient (Wildman–Crippen LogP) is 12.4. The van der Waals surface area contributed by atoms with E-state index < -0.39 is 10.8 Å². The largest absolute Gasteiger partial charge is 0.239 e. The molecule has 0 radical (unpaired) electrons. The Labute approximate surface area is 356 Å². The van der Waals surface area contributed by atoms with Crippen LogP contribution in [-0.4, -0.2) is 0 Å². The highest BCUT2D eigenvalue weighted by Gasteiger charge is 2.57. The molecule has 284 valence electrons. The van der Waals surface area contributed by atoms with Crippen molar-refractivity contribution in [1.29, 1.82) is 0 Å². The van der Waals surface area contributed by atoms with Crippen molar-refractivity contribution >= 4 is 11.3 Å². The number of hydrogen-bond acceptors (Lipinski definition) is 1. The SMILES string of the molecule is C1=CC(c2ccc(-c3ccccc3)cc2)=c2ccccc2=NC=1c1ccc(C2(c3ccccc3)c3ccccc3C3(c4ccccc4)c4ccccc4-c4cccc2c43)cc1. The van der Waals surface area contributed by atoms with Gasteiger partial charge in [-0.05, 0) is 90.0 Å². The summed E-state index contributed by atoms with van der Waals surface area (Å²) in [6.07, 6.45) is 2.12. The molecule has 2 atom stereocenters. The highest BCUT2D eigenvalue weighted by molar-refractivity contribution is 5.92. The third-order valence-corrected chi connectivity index (χ3v) is 13.3. The molecule has 2 aliphatic carbocycles. The van der Waals surface area contributed by atoms with Crippen LogP contribution in [0.2, 0.25) is 0 Å². The second kappa shape index (κ2) is 13.9. The molecule has 9 aromatic rings. The van der Waals surface area contributed by atoms with Crippen LogP contribution in [-0.2, 0) is 10.8 Å². The molecule has 12 rings (SSSR count). The Morgan fingerprint density at radius 3 is 1.54 bits per heavy atom. The minimum absolute atomic E-state index is 0.475. The van der Waals surface area contributed by atoms with Crippen LogP contribution in [0.3, 0.4) is 0 Å². The lowest BCUT2D eigenvalue weighted by Crippen LogP contribution is -2.44. The molecule has 61 heavy (non-hydrogen) atoms. The predicted molar refractivity (Wildman–Crippen MR) is 249 cm³/mol. The summed E-state index contributed by atoms with van der Waals surface area (Å²) in [5.41, 5.74) is 22.0. The Kier molecular flexibility index (Phi) is 8.00. The first-order chi connectivity index (χ1) is 30.3. The second-order valence-corrected chi connectivity index (χ2v) is 16.3. The molecule has 1 heteroatoms. The fraction of sp³-hybridized carbons (Fsp3) is 0.0333. The summed E-state index contributed by atoms with van der Waals surface area (Å²) in [7, 11) is 0. The maximum absolute atomic E-state index is 5.29. The summed E-state index contributed by atoms with van der Waals surface area (Å²) >= 11 is 0. The van der Waals surface area contributed by atoms with Crippen molar-refractivity contribution in [3.8, 4) is 22.3 Å². The monoisotopic (exact) mass is 773 g/mol. The van der Waals surface area contributed by atoms with Crippen molar-refractivity contribution in [3.63, 3.8) is 0 Å². The van der Waals surface area contributed by atoms with E-state index in [0.717, 1.165) is 33.0 Å². The summed E-state index contributed by atoms with van der Waals surface area (Å²) in [6.45, 7) is 0. The van der Waals surface area contributed by atoms with Gasteiger partial charge in [0.2, 0.25) is 0 Å². The maximum Gasteiger partial charge on any atom is 0.113 e. The Morgan fingerprint density at radius 2 is 0.820 bits per heavy atom. The van der Waals surface area contributed by atoms with Gasteiger partial charge in [-0.15, -0.1) is 0 Å². The molecular formula is C60H39N. The Morgan fingerprint density at radius 1 is 0.328 bits per heavy atom. The van der Waals surface area contributed by atoms with E-state index in [-0.39, 0.29) is 0 Å². The molecule has 2 unspecified atom stereocenters. The summed E-state index contributed by atoms with van der Waals surface area (Å²) in [5, 5.41) is 2.03. The molecule has 0 fully saturated rings. The first-order valence-corrected chi connectivity index (χ1v) is 21.1. The zero-order chi connectivity index (χ0) is 40.4. The Balaban J connectivity index is 1.05. The lowest BCUT2D eigenvalue weighted by atomic mass is 9.52.